The fourth-order valence-corrected chi connectivity index (χ4v) is 3.73. The SMILES string of the molecule is O=C(NC(=S)Nc1ccccc1I)c1cc(-c2ccccc2)nc2ccccc12. The Morgan fingerprint density at radius 1 is 0.897 bits per heavy atom. The third kappa shape index (κ3) is 4.44. The van der Waals surface area contributed by atoms with Crippen molar-refractivity contribution in [3.8, 4) is 11.3 Å². The zero-order valence-corrected chi connectivity index (χ0v) is 18.2. The fraction of sp³-hybridized carbons (Fsp3) is 0. The molecule has 4 aromatic rings. The number of thiocarbonyl (C=S) groups is 1. The molecule has 0 atom stereocenters. The summed E-state index contributed by atoms with van der Waals surface area (Å²) in [5.41, 5.74) is 3.83. The maximum absolute atomic E-state index is 13.1. The van der Waals surface area contributed by atoms with Crippen molar-refractivity contribution < 1.29 is 4.79 Å². The number of nitrogens with zero attached hydrogens (tertiary/aromatic N) is 1. The fourth-order valence-electron chi connectivity index (χ4n) is 3.01. The largest absolute Gasteiger partial charge is 0.332 e. The van der Waals surface area contributed by atoms with Gasteiger partial charge in [-0.05, 0) is 59.1 Å². The molecule has 1 heterocycles. The lowest BCUT2D eigenvalue weighted by molar-refractivity contribution is 0.0979. The van der Waals surface area contributed by atoms with E-state index in [0.717, 1.165) is 31.4 Å². The minimum atomic E-state index is -0.274. The van der Waals surface area contributed by atoms with E-state index in [4.69, 9.17) is 17.2 Å². The molecular weight excluding hydrogens is 493 g/mol. The quantitative estimate of drug-likeness (QED) is 0.278. The van der Waals surface area contributed by atoms with Crippen LogP contribution in [0.1, 0.15) is 10.4 Å². The number of hydrogen-bond acceptors (Lipinski definition) is 3. The lowest BCUT2D eigenvalue weighted by Gasteiger charge is -2.13. The van der Waals surface area contributed by atoms with Crippen molar-refractivity contribution in [3.63, 3.8) is 0 Å². The number of amides is 1. The molecule has 0 fully saturated rings. The zero-order chi connectivity index (χ0) is 20.2. The highest BCUT2D eigenvalue weighted by molar-refractivity contribution is 14.1. The highest BCUT2D eigenvalue weighted by Gasteiger charge is 2.15. The van der Waals surface area contributed by atoms with Crippen LogP contribution in [0.15, 0.2) is 84.9 Å². The van der Waals surface area contributed by atoms with E-state index in [2.05, 4.69) is 33.2 Å². The van der Waals surface area contributed by atoms with Crippen molar-refractivity contribution in [1.82, 2.24) is 10.3 Å². The average Bonchev–Trinajstić information content (AvgIpc) is 2.75. The number of halogens is 1. The van der Waals surface area contributed by atoms with Crippen LogP contribution >= 0.6 is 34.8 Å². The molecular formula is C23H16IN3OS. The van der Waals surface area contributed by atoms with Crippen molar-refractivity contribution >= 4 is 62.4 Å². The summed E-state index contributed by atoms with van der Waals surface area (Å²) in [6.45, 7) is 0. The molecule has 6 heteroatoms. The Labute approximate surface area is 187 Å². The first-order valence-electron chi connectivity index (χ1n) is 8.94. The zero-order valence-electron chi connectivity index (χ0n) is 15.2. The van der Waals surface area contributed by atoms with E-state index in [1.54, 1.807) is 0 Å². The van der Waals surface area contributed by atoms with Crippen LogP contribution in [0.25, 0.3) is 22.2 Å². The van der Waals surface area contributed by atoms with Gasteiger partial charge in [0.05, 0.1) is 22.5 Å². The summed E-state index contributed by atoms with van der Waals surface area (Å²) in [6.07, 6.45) is 0. The first-order chi connectivity index (χ1) is 14.1. The van der Waals surface area contributed by atoms with Gasteiger partial charge in [0.1, 0.15) is 0 Å². The number of carbonyl (C=O) groups excluding carboxylic acids is 1. The molecule has 0 bridgehead atoms. The van der Waals surface area contributed by atoms with Crippen molar-refractivity contribution in [2.75, 3.05) is 5.32 Å². The first-order valence-corrected chi connectivity index (χ1v) is 10.4. The Hall–Kier alpha value is -2.84. The van der Waals surface area contributed by atoms with E-state index in [-0.39, 0.29) is 11.0 Å². The number of aromatic nitrogens is 1. The van der Waals surface area contributed by atoms with E-state index in [0.29, 0.717) is 5.56 Å². The van der Waals surface area contributed by atoms with E-state index >= 15 is 0 Å². The molecule has 0 radical (unpaired) electrons. The monoisotopic (exact) mass is 509 g/mol. The summed E-state index contributed by atoms with van der Waals surface area (Å²) < 4.78 is 1.02. The summed E-state index contributed by atoms with van der Waals surface area (Å²) in [4.78, 5) is 17.8. The molecule has 142 valence electrons. The molecule has 0 spiro atoms. The van der Waals surface area contributed by atoms with Gasteiger partial charge in [-0.2, -0.15) is 0 Å². The molecule has 0 aliphatic rings. The Balaban J connectivity index is 1.66. The van der Waals surface area contributed by atoms with Crippen LogP contribution in [0, 0.1) is 3.57 Å². The number of hydrogen-bond donors (Lipinski definition) is 2. The standard InChI is InChI=1S/C23H16IN3OS/c24-18-11-5-7-13-20(18)26-23(29)27-22(28)17-14-21(15-8-2-1-3-9-15)25-19-12-6-4-10-16(17)19/h1-14H,(H2,26,27,28,29). The van der Waals surface area contributed by atoms with E-state index in [9.17, 15) is 4.79 Å². The molecule has 0 saturated heterocycles. The molecule has 0 saturated carbocycles. The van der Waals surface area contributed by atoms with Gasteiger partial charge in [-0.25, -0.2) is 4.98 Å². The maximum atomic E-state index is 13.1. The van der Waals surface area contributed by atoms with Gasteiger partial charge < -0.3 is 5.32 Å². The second-order valence-electron chi connectivity index (χ2n) is 6.33. The molecule has 4 nitrogen and oxygen atoms in total. The normalized spacial score (nSPS) is 10.5. The Morgan fingerprint density at radius 2 is 1.59 bits per heavy atom. The number of carbonyl (C=O) groups is 1. The molecule has 1 amide bonds. The summed E-state index contributed by atoms with van der Waals surface area (Å²) in [7, 11) is 0. The van der Waals surface area contributed by atoms with Gasteiger partial charge in [0.25, 0.3) is 5.91 Å². The smallest absolute Gasteiger partial charge is 0.258 e. The number of fused-ring (bicyclic) bond motifs is 1. The predicted octanol–water partition coefficient (Wildman–Crippen LogP) is 5.63. The van der Waals surface area contributed by atoms with Crippen LogP contribution in [0.2, 0.25) is 0 Å². The minimum Gasteiger partial charge on any atom is -0.332 e. The van der Waals surface area contributed by atoms with Crippen LogP contribution in [-0.4, -0.2) is 16.0 Å². The van der Waals surface area contributed by atoms with Gasteiger partial charge in [-0.15, -0.1) is 0 Å². The van der Waals surface area contributed by atoms with E-state index < -0.39 is 0 Å². The number of benzene rings is 3. The number of rotatable bonds is 3. The van der Waals surface area contributed by atoms with Crippen molar-refractivity contribution in [1.29, 1.82) is 0 Å². The average molecular weight is 509 g/mol. The third-order valence-corrected chi connectivity index (χ3v) is 5.52. The second kappa shape index (κ2) is 8.67. The van der Waals surface area contributed by atoms with Crippen molar-refractivity contribution in [2.45, 2.75) is 0 Å². The van der Waals surface area contributed by atoms with Crippen LogP contribution in [0.3, 0.4) is 0 Å². The van der Waals surface area contributed by atoms with E-state index in [1.165, 1.54) is 0 Å². The first kappa shape index (κ1) is 19.5. The molecule has 0 aliphatic carbocycles. The molecule has 4 rings (SSSR count). The van der Waals surface area contributed by atoms with Crippen LogP contribution in [-0.2, 0) is 0 Å². The summed E-state index contributed by atoms with van der Waals surface area (Å²) in [5, 5.41) is 6.91. The highest BCUT2D eigenvalue weighted by atomic mass is 127. The summed E-state index contributed by atoms with van der Waals surface area (Å²) in [6, 6.07) is 27.0. The van der Waals surface area contributed by atoms with Gasteiger partial charge in [0.15, 0.2) is 5.11 Å². The summed E-state index contributed by atoms with van der Waals surface area (Å²) >= 11 is 7.58. The molecule has 29 heavy (non-hydrogen) atoms. The molecule has 0 unspecified atom stereocenters. The molecule has 1 aromatic heterocycles. The van der Waals surface area contributed by atoms with Crippen LogP contribution < -0.4 is 10.6 Å². The van der Waals surface area contributed by atoms with Gasteiger partial charge >= 0.3 is 0 Å². The predicted molar refractivity (Wildman–Crippen MR) is 130 cm³/mol. The lowest BCUT2D eigenvalue weighted by atomic mass is 10.0. The summed E-state index contributed by atoms with van der Waals surface area (Å²) in [5.74, 6) is -0.274. The van der Waals surface area contributed by atoms with Gasteiger partial charge in [0.2, 0.25) is 0 Å². The number of pyridine rings is 1. The van der Waals surface area contributed by atoms with Crippen LogP contribution in [0.4, 0.5) is 5.69 Å². The highest BCUT2D eigenvalue weighted by Crippen LogP contribution is 2.25. The third-order valence-electron chi connectivity index (χ3n) is 4.38. The van der Waals surface area contributed by atoms with Gasteiger partial charge in [-0.3, -0.25) is 10.1 Å². The maximum Gasteiger partial charge on any atom is 0.258 e. The Morgan fingerprint density at radius 3 is 2.38 bits per heavy atom. The number of anilines is 1. The van der Waals surface area contributed by atoms with Crippen LogP contribution in [0.5, 0.6) is 0 Å². The van der Waals surface area contributed by atoms with Crippen molar-refractivity contribution in [2.24, 2.45) is 0 Å². The Bertz CT molecular complexity index is 1210. The van der Waals surface area contributed by atoms with Gasteiger partial charge in [0, 0.05) is 14.5 Å². The van der Waals surface area contributed by atoms with Crippen molar-refractivity contribution in [3.05, 3.63) is 94.1 Å². The Kier molecular flexibility index (Phi) is 5.82. The number of para-hydroxylation sites is 2. The molecule has 2 N–H and O–H groups in total. The van der Waals surface area contributed by atoms with E-state index in [1.807, 2.05) is 84.9 Å². The lowest BCUT2D eigenvalue weighted by Crippen LogP contribution is -2.34. The minimum absolute atomic E-state index is 0.251. The van der Waals surface area contributed by atoms with Gasteiger partial charge in [-0.1, -0.05) is 60.7 Å². The molecule has 0 aliphatic heterocycles. The molecule has 3 aromatic carbocycles. The number of nitrogens with one attached hydrogen (secondary N) is 2. The second-order valence-corrected chi connectivity index (χ2v) is 7.90. The topological polar surface area (TPSA) is 54.0 Å².